The lowest BCUT2D eigenvalue weighted by Crippen LogP contribution is -2.49. The predicted octanol–water partition coefficient (Wildman–Crippen LogP) is 1.88. The van der Waals surface area contributed by atoms with Crippen LogP contribution in [0, 0.1) is 5.82 Å². The summed E-state index contributed by atoms with van der Waals surface area (Å²) in [6.07, 6.45) is 0. The summed E-state index contributed by atoms with van der Waals surface area (Å²) in [7, 11) is 3.59. The number of rotatable bonds is 6. The second kappa shape index (κ2) is 10.2. The van der Waals surface area contributed by atoms with E-state index in [0.29, 0.717) is 11.4 Å². The van der Waals surface area contributed by atoms with Gasteiger partial charge >= 0.3 is 11.8 Å². The smallest absolute Gasteiger partial charge is 0.313 e. The van der Waals surface area contributed by atoms with Gasteiger partial charge in [-0.15, -0.1) is 0 Å². The summed E-state index contributed by atoms with van der Waals surface area (Å²) in [5, 5.41) is 5.29. The van der Waals surface area contributed by atoms with Crippen LogP contribution in [0.1, 0.15) is 11.6 Å². The second-order valence-corrected chi connectivity index (χ2v) is 7.30. The number of hydrogen-bond donors (Lipinski definition) is 2. The summed E-state index contributed by atoms with van der Waals surface area (Å²) in [5.41, 5.74) is 1.37. The van der Waals surface area contributed by atoms with Crippen molar-refractivity contribution in [2.75, 3.05) is 52.2 Å². The molecule has 1 aliphatic rings. The molecule has 1 atom stereocenters. The van der Waals surface area contributed by atoms with Crippen molar-refractivity contribution in [3.63, 3.8) is 0 Å². The highest BCUT2D eigenvalue weighted by molar-refractivity contribution is 6.39. The normalized spacial score (nSPS) is 16.0. The van der Waals surface area contributed by atoms with Crippen LogP contribution >= 0.6 is 0 Å². The summed E-state index contributed by atoms with van der Waals surface area (Å²) in [5.74, 6) is -1.20. The van der Waals surface area contributed by atoms with Crippen LogP contribution in [0.15, 0.2) is 48.5 Å². The minimum absolute atomic E-state index is 0.145. The van der Waals surface area contributed by atoms with Crippen molar-refractivity contribution in [1.29, 1.82) is 0 Å². The van der Waals surface area contributed by atoms with Gasteiger partial charge < -0.3 is 20.3 Å². The molecule has 30 heavy (non-hydrogen) atoms. The number of carbonyl (C=O) groups excluding carboxylic acids is 2. The predicted molar refractivity (Wildman–Crippen MR) is 113 cm³/mol. The van der Waals surface area contributed by atoms with Gasteiger partial charge in [0.15, 0.2) is 0 Å². The van der Waals surface area contributed by atoms with E-state index in [1.165, 1.54) is 19.2 Å². The van der Waals surface area contributed by atoms with E-state index in [-0.39, 0.29) is 18.4 Å². The molecule has 0 radical (unpaired) electrons. The monoisotopic (exact) mass is 414 g/mol. The Balaban J connectivity index is 1.64. The first-order chi connectivity index (χ1) is 14.5. The Morgan fingerprint density at radius 1 is 1.07 bits per heavy atom. The summed E-state index contributed by atoms with van der Waals surface area (Å²) >= 11 is 0. The molecule has 1 fully saturated rings. The van der Waals surface area contributed by atoms with E-state index in [1.807, 2.05) is 0 Å². The molecule has 0 spiro atoms. The highest BCUT2D eigenvalue weighted by atomic mass is 19.1. The lowest BCUT2D eigenvalue weighted by atomic mass is 10.0. The third kappa shape index (κ3) is 5.77. The van der Waals surface area contributed by atoms with E-state index in [9.17, 15) is 14.0 Å². The molecular weight excluding hydrogens is 387 g/mol. The summed E-state index contributed by atoms with van der Waals surface area (Å²) < 4.78 is 18.5. The van der Waals surface area contributed by atoms with Gasteiger partial charge in [-0.3, -0.25) is 14.5 Å². The lowest BCUT2D eigenvalue weighted by Gasteiger charge is -2.38. The number of nitrogens with one attached hydrogen (secondary N) is 2. The molecule has 1 heterocycles. The number of amides is 2. The van der Waals surface area contributed by atoms with Crippen LogP contribution in [0.2, 0.25) is 0 Å². The van der Waals surface area contributed by atoms with Crippen molar-refractivity contribution in [1.82, 2.24) is 15.1 Å². The Kier molecular flexibility index (Phi) is 7.37. The van der Waals surface area contributed by atoms with Crippen molar-refractivity contribution >= 4 is 17.5 Å². The van der Waals surface area contributed by atoms with Gasteiger partial charge in [-0.2, -0.15) is 0 Å². The first-order valence-electron chi connectivity index (χ1n) is 9.87. The summed E-state index contributed by atoms with van der Waals surface area (Å²) in [4.78, 5) is 29.2. The van der Waals surface area contributed by atoms with Crippen molar-refractivity contribution < 1.29 is 18.7 Å². The van der Waals surface area contributed by atoms with Gasteiger partial charge in [-0.25, -0.2) is 4.39 Å². The number of anilines is 1. The Labute approximate surface area is 175 Å². The fourth-order valence-electron chi connectivity index (χ4n) is 3.43. The quantitative estimate of drug-likeness (QED) is 0.706. The topological polar surface area (TPSA) is 73.9 Å². The largest absolute Gasteiger partial charge is 0.497 e. The van der Waals surface area contributed by atoms with E-state index in [4.69, 9.17) is 4.74 Å². The molecule has 7 nitrogen and oxygen atoms in total. The van der Waals surface area contributed by atoms with Gasteiger partial charge in [0.1, 0.15) is 11.6 Å². The number of carbonyl (C=O) groups is 2. The van der Waals surface area contributed by atoms with Crippen molar-refractivity contribution in [3.8, 4) is 5.75 Å². The van der Waals surface area contributed by atoms with Crippen LogP contribution in [0.5, 0.6) is 5.75 Å². The molecule has 1 aliphatic heterocycles. The van der Waals surface area contributed by atoms with Gasteiger partial charge in [0.05, 0.1) is 13.2 Å². The number of nitrogens with zero attached hydrogens (tertiary/aromatic N) is 2. The van der Waals surface area contributed by atoms with Gasteiger partial charge in [-0.05, 0) is 36.9 Å². The number of ether oxygens (including phenoxy) is 1. The molecule has 0 saturated carbocycles. The second-order valence-electron chi connectivity index (χ2n) is 7.30. The van der Waals surface area contributed by atoms with Gasteiger partial charge in [0.2, 0.25) is 0 Å². The number of halogens is 1. The van der Waals surface area contributed by atoms with E-state index >= 15 is 0 Å². The van der Waals surface area contributed by atoms with E-state index in [2.05, 4.69) is 27.5 Å². The van der Waals surface area contributed by atoms with E-state index < -0.39 is 11.8 Å². The molecule has 2 aromatic carbocycles. The summed E-state index contributed by atoms with van der Waals surface area (Å²) in [6, 6.07) is 12.9. The molecule has 0 aliphatic carbocycles. The fraction of sp³-hybridized carbons (Fsp3) is 0.364. The minimum atomic E-state index is -0.750. The van der Waals surface area contributed by atoms with Crippen molar-refractivity contribution in [2.45, 2.75) is 6.04 Å². The zero-order valence-corrected chi connectivity index (χ0v) is 17.2. The third-order valence-corrected chi connectivity index (χ3v) is 5.22. The van der Waals surface area contributed by atoms with Crippen LogP contribution in [0.25, 0.3) is 0 Å². The van der Waals surface area contributed by atoms with Gasteiger partial charge in [0, 0.05) is 44.5 Å². The molecule has 2 amide bonds. The van der Waals surface area contributed by atoms with Crippen LogP contribution in [-0.4, -0.2) is 68.5 Å². The Hall–Kier alpha value is -2.97. The maximum Gasteiger partial charge on any atom is 0.313 e. The van der Waals surface area contributed by atoms with Crippen molar-refractivity contribution in [3.05, 3.63) is 59.9 Å². The summed E-state index contributed by atoms with van der Waals surface area (Å²) in [6.45, 7) is 3.71. The number of likely N-dealkylation sites (N-methyl/N-ethyl adjacent to an activating group) is 1. The van der Waals surface area contributed by atoms with Crippen LogP contribution in [0.3, 0.4) is 0 Å². The molecule has 2 aromatic rings. The average Bonchev–Trinajstić information content (AvgIpc) is 2.76. The zero-order valence-electron chi connectivity index (χ0n) is 17.2. The van der Waals surface area contributed by atoms with Crippen LogP contribution in [-0.2, 0) is 9.59 Å². The maximum absolute atomic E-state index is 13.4. The molecular formula is C22H27FN4O3. The highest BCUT2D eigenvalue weighted by Gasteiger charge is 2.25. The van der Waals surface area contributed by atoms with E-state index in [1.54, 1.807) is 36.4 Å². The molecule has 0 bridgehead atoms. The van der Waals surface area contributed by atoms with Gasteiger partial charge in [-0.1, -0.05) is 18.2 Å². The standard InChI is InChI=1S/C22H27FN4O3/c1-26-10-12-27(13-11-26)20(16-6-8-17(23)9-7-16)15-24-21(28)22(29)25-18-4-3-5-19(14-18)30-2/h3-9,14,20H,10-13,15H2,1-2H3,(H,24,28)(H,25,29)/t20-/m0/s1. The van der Waals surface area contributed by atoms with Crippen LogP contribution < -0.4 is 15.4 Å². The minimum Gasteiger partial charge on any atom is -0.497 e. The fourth-order valence-corrected chi connectivity index (χ4v) is 3.43. The zero-order chi connectivity index (χ0) is 21.5. The molecule has 0 aromatic heterocycles. The molecule has 1 saturated heterocycles. The third-order valence-electron chi connectivity index (χ3n) is 5.22. The Morgan fingerprint density at radius 2 is 1.77 bits per heavy atom. The molecule has 160 valence electrons. The van der Waals surface area contributed by atoms with Crippen LogP contribution in [0.4, 0.5) is 10.1 Å². The first kappa shape index (κ1) is 21.7. The number of benzene rings is 2. The average molecular weight is 414 g/mol. The van der Waals surface area contributed by atoms with E-state index in [0.717, 1.165) is 31.7 Å². The van der Waals surface area contributed by atoms with Gasteiger partial charge in [0.25, 0.3) is 0 Å². The van der Waals surface area contributed by atoms with Crippen molar-refractivity contribution in [2.24, 2.45) is 0 Å². The molecule has 2 N–H and O–H groups in total. The lowest BCUT2D eigenvalue weighted by molar-refractivity contribution is -0.136. The number of piperazine rings is 1. The Bertz CT molecular complexity index is 867. The molecule has 3 rings (SSSR count). The first-order valence-corrected chi connectivity index (χ1v) is 9.87. The number of methoxy groups -OCH3 is 1. The SMILES string of the molecule is COc1cccc(NC(=O)C(=O)NC[C@@H](c2ccc(F)cc2)N2CCN(C)CC2)c1. The maximum atomic E-state index is 13.4. The molecule has 8 heteroatoms. The highest BCUT2D eigenvalue weighted by Crippen LogP contribution is 2.22. The Morgan fingerprint density at radius 3 is 2.43 bits per heavy atom. The molecule has 0 unspecified atom stereocenters. The number of hydrogen-bond acceptors (Lipinski definition) is 5.